The third-order valence-corrected chi connectivity index (χ3v) is 18.0. The van der Waals surface area contributed by atoms with Crippen molar-refractivity contribution in [1.82, 2.24) is 0 Å². The number of aliphatic hydroxyl groups excluding tert-OH is 4. The van der Waals surface area contributed by atoms with Crippen molar-refractivity contribution in [3.8, 4) is 11.8 Å². The number of piperidine rings is 2. The fourth-order valence-electron chi connectivity index (χ4n) is 14.6. The molecule has 10 N–H and O–H groups in total. The van der Waals surface area contributed by atoms with Gasteiger partial charge in [0.25, 0.3) is 0 Å². The number of ketones is 2. The van der Waals surface area contributed by atoms with Crippen molar-refractivity contribution in [2.75, 3.05) is 26.8 Å². The summed E-state index contributed by atoms with van der Waals surface area (Å²) in [7, 11) is 1.66. The van der Waals surface area contributed by atoms with Gasteiger partial charge >= 0.3 is 0 Å². The van der Waals surface area contributed by atoms with Gasteiger partial charge in [-0.3, -0.25) is 15.3 Å². The first-order chi connectivity index (χ1) is 29.1. The van der Waals surface area contributed by atoms with Crippen LogP contribution >= 0.6 is 0 Å². The highest BCUT2D eigenvalue weighted by molar-refractivity contribution is 5.84. The van der Waals surface area contributed by atoms with Crippen molar-refractivity contribution >= 4 is 11.6 Å². The Morgan fingerprint density at radius 2 is 1.58 bits per heavy atom. The summed E-state index contributed by atoms with van der Waals surface area (Å²) in [5.74, 6) is 11.7. The summed E-state index contributed by atoms with van der Waals surface area (Å²) in [5.41, 5.74) is 6.54. The number of ether oxygens (including phenoxy) is 1. The van der Waals surface area contributed by atoms with E-state index >= 15 is 0 Å². The normalized spacial score (nSPS) is 40.8. The molecule has 4 saturated carbocycles. The Morgan fingerprint density at radius 3 is 2.38 bits per heavy atom. The fraction of sp³-hybridized carbons (Fsp3) is 0.920. The van der Waals surface area contributed by atoms with Crippen molar-refractivity contribution < 1.29 is 45.4 Å². The molecule has 0 radical (unpaired) electrons. The topological polar surface area (TPSA) is 184 Å². The summed E-state index contributed by atoms with van der Waals surface area (Å²) < 4.78 is 5.74. The van der Waals surface area contributed by atoms with Crippen LogP contribution in [0.3, 0.4) is 0 Å². The zero-order valence-corrected chi connectivity index (χ0v) is 37.2. The Balaban J connectivity index is 1.01. The smallest absolute Gasteiger partial charge is 0.150 e. The zero-order chi connectivity index (χ0) is 42.2. The number of hydrogen-bond donors (Lipinski definition) is 7. The zero-order valence-electron chi connectivity index (χ0n) is 37.2. The second kappa shape index (κ2) is 22.5. The molecule has 7 rings (SSSR count). The number of hydrogen-bond acceptors (Lipinski definition) is 8. The lowest BCUT2D eigenvalue weighted by atomic mass is 9.61. The number of quaternary nitrogens is 2. The standard InChI is InChI=1S/C50H83N3O7/c1-60-49-25-36-14-18-47(58)42(46(57)8-4-7-32(20-22-54)39-24-38-12-16-41(56)28-45(38)53-30-39)17-13-33(44(36)29-48(49)59)11-15-40(55)27-43(37-19-21-52-50(51)26-37)35-10-9-31-5-2-3-6-34(31)23-35/h31-40,42-46,48-50,52-55,57,59H,2-12,14-16,18-30,51H2,1H3/p+2. The second-order valence-electron chi connectivity index (χ2n) is 21.5. The maximum Gasteiger partial charge on any atom is 0.150 e. The van der Waals surface area contributed by atoms with Gasteiger partial charge in [-0.1, -0.05) is 43.9 Å². The van der Waals surface area contributed by atoms with Gasteiger partial charge in [0.05, 0.1) is 50.0 Å². The largest absolute Gasteiger partial charge is 0.396 e. The van der Waals surface area contributed by atoms with Crippen LogP contribution in [0.2, 0.25) is 0 Å². The van der Waals surface area contributed by atoms with Crippen molar-refractivity contribution in [2.24, 2.45) is 76.7 Å². The molecule has 340 valence electrons. The number of carbonyl (C=O) groups excluding carboxylic acids is 2. The van der Waals surface area contributed by atoms with Gasteiger partial charge in [0.15, 0.2) is 0 Å². The second-order valence-corrected chi connectivity index (χ2v) is 21.5. The minimum Gasteiger partial charge on any atom is -0.396 e. The summed E-state index contributed by atoms with van der Waals surface area (Å²) >= 11 is 0. The van der Waals surface area contributed by atoms with E-state index in [1.807, 2.05) is 0 Å². The summed E-state index contributed by atoms with van der Waals surface area (Å²) in [6.07, 6.45) is 20.6. The Kier molecular flexibility index (Phi) is 17.4. The van der Waals surface area contributed by atoms with Crippen LogP contribution in [0, 0.1) is 82.9 Å². The first-order valence-electron chi connectivity index (χ1n) is 25.3. The SMILES string of the molecule is COC1CC2CCC(=O)C(C(O)CCCC(CCO)C3C[NH2+]C4CC(=O)CCC4C3)C#CC(CCC(O)CC(C3CC[NH2+]C(N)C3)C3CCC4CCCCC4C3)C2CC1O. The van der Waals surface area contributed by atoms with E-state index in [2.05, 4.69) is 22.5 Å². The predicted molar refractivity (Wildman–Crippen MR) is 232 cm³/mol. The minimum absolute atomic E-state index is 0.0136. The molecular formula is C50H85N3O7+2. The minimum atomic E-state index is -0.853. The third kappa shape index (κ3) is 12.0. The number of nitrogens with two attached hydrogens (primary N) is 3. The van der Waals surface area contributed by atoms with E-state index in [-0.39, 0.29) is 42.4 Å². The molecule has 10 heteroatoms. The number of rotatable bonds is 16. The number of fused-ring (bicyclic) bond motifs is 3. The van der Waals surface area contributed by atoms with E-state index in [4.69, 9.17) is 10.5 Å². The van der Waals surface area contributed by atoms with Crippen LogP contribution in [0.25, 0.3) is 0 Å². The average Bonchev–Trinajstić information content (AvgIpc) is 3.31. The Labute approximate surface area is 362 Å². The van der Waals surface area contributed by atoms with Gasteiger partial charge in [-0.2, -0.15) is 0 Å². The summed E-state index contributed by atoms with van der Waals surface area (Å²) in [6.45, 7) is 2.21. The molecule has 18 unspecified atom stereocenters. The first-order valence-corrected chi connectivity index (χ1v) is 25.3. The molecule has 18 atom stereocenters. The van der Waals surface area contributed by atoms with Crippen molar-refractivity contribution in [1.29, 1.82) is 0 Å². The molecular weight excluding hydrogens is 755 g/mol. The van der Waals surface area contributed by atoms with Gasteiger partial charge in [-0.25, -0.2) is 0 Å². The highest BCUT2D eigenvalue weighted by Gasteiger charge is 2.44. The average molecular weight is 840 g/mol. The molecule has 2 heterocycles. The number of methoxy groups -OCH3 is 1. The van der Waals surface area contributed by atoms with Gasteiger partial charge in [0.1, 0.15) is 23.7 Å². The Hall–Kier alpha value is -1.42. The van der Waals surface area contributed by atoms with Crippen LogP contribution in [0.5, 0.6) is 0 Å². The molecule has 0 aromatic heterocycles. The van der Waals surface area contributed by atoms with Crippen molar-refractivity contribution in [3.05, 3.63) is 0 Å². The molecule has 0 amide bonds. The maximum atomic E-state index is 13.9. The molecule has 2 aliphatic heterocycles. The molecule has 7 aliphatic rings. The van der Waals surface area contributed by atoms with E-state index in [9.17, 15) is 30.0 Å². The number of aliphatic hydroxyl groups is 4. The highest BCUT2D eigenvalue weighted by atomic mass is 16.5. The predicted octanol–water partition coefficient (Wildman–Crippen LogP) is 3.85. The van der Waals surface area contributed by atoms with Crippen LogP contribution in [0.1, 0.15) is 154 Å². The molecule has 5 aliphatic carbocycles. The molecule has 0 spiro atoms. The van der Waals surface area contributed by atoms with Gasteiger partial charge in [-0.15, -0.1) is 0 Å². The van der Waals surface area contributed by atoms with E-state index in [0.717, 1.165) is 69.9 Å². The van der Waals surface area contributed by atoms with Crippen molar-refractivity contribution in [2.45, 2.75) is 191 Å². The Morgan fingerprint density at radius 1 is 0.800 bits per heavy atom. The molecule has 60 heavy (non-hydrogen) atoms. The first kappa shape index (κ1) is 46.6. The maximum absolute atomic E-state index is 13.9. The summed E-state index contributed by atoms with van der Waals surface area (Å²) in [4.78, 5) is 26.0. The van der Waals surface area contributed by atoms with Crippen LogP contribution in [0.15, 0.2) is 0 Å². The number of carbonyl (C=O) groups is 2. The van der Waals surface area contributed by atoms with Gasteiger partial charge in [-0.05, 0) is 144 Å². The molecule has 6 fully saturated rings. The fourth-order valence-corrected chi connectivity index (χ4v) is 14.6. The highest BCUT2D eigenvalue weighted by Crippen LogP contribution is 2.49. The van der Waals surface area contributed by atoms with Crippen LogP contribution < -0.4 is 16.4 Å². The monoisotopic (exact) mass is 840 g/mol. The van der Waals surface area contributed by atoms with E-state index in [0.29, 0.717) is 105 Å². The molecule has 0 aromatic rings. The number of Topliss-reactive ketones (excluding diaryl/α,β-unsaturated/α-hetero) is 2. The van der Waals surface area contributed by atoms with Gasteiger partial charge in [0, 0.05) is 50.7 Å². The Bertz CT molecular complexity index is 1440. The molecule has 2 saturated heterocycles. The van der Waals surface area contributed by atoms with E-state index in [1.54, 1.807) is 7.11 Å². The molecule has 0 bridgehead atoms. The molecule has 10 nitrogen and oxygen atoms in total. The third-order valence-electron chi connectivity index (χ3n) is 18.0. The molecule has 0 aromatic carbocycles. The quantitative estimate of drug-likeness (QED) is 0.115. The summed E-state index contributed by atoms with van der Waals surface area (Å²) in [6, 6.07) is 0.412. The van der Waals surface area contributed by atoms with Crippen LogP contribution in [-0.4, -0.2) is 95.4 Å². The lowest BCUT2D eigenvalue weighted by molar-refractivity contribution is -0.712. The van der Waals surface area contributed by atoms with E-state index < -0.39 is 24.2 Å². The van der Waals surface area contributed by atoms with Crippen molar-refractivity contribution in [3.63, 3.8) is 0 Å². The van der Waals surface area contributed by atoms with Crippen LogP contribution in [0.4, 0.5) is 0 Å². The van der Waals surface area contributed by atoms with Crippen LogP contribution in [-0.2, 0) is 14.3 Å². The van der Waals surface area contributed by atoms with Gasteiger partial charge < -0.3 is 35.8 Å². The lowest BCUT2D eigenvalue weighted by Crippen LogP contribution is -2.95. The van der Waals surface area contributed by atoms with Gasteiger partial charge in [0.2, 0.25) is 0 Å². The lowest BCUT2D eigenvalue weighted by Gasteiger charge is -2.45. The van der Waals surface area contributed by atoms with E-state index in [1.165, 1.54) is 51.4 Å². The summed E-state index contributed by atoms with van der Waals surface area (Å²) in [5, 5.41) is 49.5.